The van der Waals surface area contributed by atoms with Crippen LogP contribution >= 0.6 is 34.8 Å². The highest BCUT2D eigenvalue weighted by Gasteiger charge is 2.39. The maximum atomic E-state index is 11.7. The third kappa shape index (κ3) is 3.75. The maximum absolute atomic E-state index is 11.7. The van der Waals surface area contributed by atoms with Crippen molar-refractivity contribution in [1.29, 1.82) is 0 Å². The highest BCUT2D eigenvalue weighted by atomic mass is 35.5. The number of carbonyl (C=O) groups excluding carboxylic acids is 1. The lowest BCUT2D eigenvalue weighted by atomic mass is 10.2. The number of hydrogen-bond donors (Lipinski definition) is 2. The first kappa shape index (κ1) is 14.6. The molecule has 0 aliphatic heterocycles. The molecule has 17 heavy (non-hydrogen) atoms. The highest BCUT2D eigenvalue weighted by Crippen LogP contribution is 2.32. The van der Waals surface area contributed by atoms with E-state index >= 15 is 0 Å². The quantitative estimate of drug-likeness (QED) is 0.662. The molecule has 3 nitrogen and oxygen atoms in total. The molecular formula is C11H12Cl3NO2. The first-order valence-electron chi connectivity index (χ1n) is 4.91. The van der Waals surface area contributed by atoms with Crippen molar-refractivity contribution in [2.75, 3.05) is 0 Å². The lowest BCUT2D eigenvalue weighted by Crippen LogP contribution is -2.50. The van der Waals surface area contributed by atoms with Crippen LogP contribution in [-0.2, 0) is 0 Å². The van der Waals surface area contributed by atoms with Crippen LogP contribution in [0.4, 0.5) is 0 Å². The smallest absolute Gasteiger partial charge is 0.253 e. The number of aliphatic hydroxyl groups excluding tert-OH is 1. The van der Waals surface area contributed by atoms with Crippen molar-refractivity contribution >= 4 is 40.7 Å². The minimum atomic E-state index is -1.65. The number of carbonyl (C=O) groups is 1. The molecule has 2 unspecified atom stereocenters. The maximum Gasteiger partial charge on any atom is 0.253 e. The van der Waals surface area contributed by atoms with E-state index in [-0.39, 0.29) is 0 Å². The summed E-state index contributed by atoms with van der Waals surface area (Å²) in [6.07, 6.45) is -1.45. The summed E-state index contributed by atoms with van der Waals surface area (Å²) in [5.41, 5.74) is 0.401. The van der Waals surface area contributed by atoms with E-state index in [1.807, 2.05) is 0 Å². The average Bonchev–Trinajstić information content (AvgIpc) is 2.29. The monoisotopic (exact) mass is 295 g/mol. The Labute approximate surface area is 115 Å². The zero-order valence-corrected chi connectivity index (χ0v) is 11.3. The Morgan fingerprint density at radius 1 is 1.35 bits per heavy atom. The molecule has 1 aromatic rings. The topological polar surface area (TPSA) is 49.3 Å². The van der Waals surface area contributed by atoms with Gasteiger partial charge in [0.2, 0.25) is 0 Å². The van der Waals surface area contributed by atoms with E-state index in [0.717, 1.165) is 0 Å². The fraction of sp³-hybridized carbons (Fsp3) is 0.364. The largest absolute Gasteiger partial charge is 0.370 e. The molecule has 0 saturated heterocycles. The van der Waals surface area contributed by atoms with Crippen molar-refractivity contribution in [3.05, 3.63) is 35.9 Å². The van der Waals surface area contributed by atoms with Crippen molar-refractivity contribution in [2.45, 2.75) is 22.9 Å². The molecule has 0 bridgehead atoms. The van der Waals surface area contributed by atoms with E-state index in [9.17, 15) is 9.90 Å². The van der Waals surface area contributed by atoms with Gasteiger partial charge in [0.25, 0.3) is 5.91 Å². The van der Waals surface area contributed by atoms with E-state index in [0.29, 0.717) is 5.56 Å². The molecule has 0 spiro atoms. The molecule has 0 aromatic heterocycles. The van der Waals surface area contributed by atoms with Crippen LogP contribution in [0, 0.1) is 0 Å². The molecule has 0 heterocycles. The first-order chi connectivity index (χ1) is 7.85. The van der Waals surface area contributed by atoms with Gasteiger partial charge >= 0.3 is 0 Å². The van der Waals surface area contributed by atoms with Crippen LogP contribution in [0.1, 0.15) is 17.3 Å². The van der Waals surface area contributed by atoms with Crippen molar-refractivity contribution in [1.82, 2.24) is 5.32 Å². The molecule has 0 aliphatic carbocycles. The SMILES string of the molecule is CC(Cl)C(Cl)(Cl)C(O)NC(=O)c1ccccc1. The Morgan fingerprint density at radius 3 is 2.35 bits per heavy atom. The summed E-state index contributed by atoms with van der Waals surface area (Å²) in [5, 5.41) is 11.3. The number of aliphatic hydroxyl groups is 1. The number of nitrogens with one attached hydrogen (secondary N) is 1. The second-order valence-corrected chi connectivity index (χ2v) is 5.63. The van der Waals surface area contributed by atoms with Crippen molar-refractivity contribution in [3.63, 3.8) is 0 Å². The lowest BCUT2D eigenvalue weighted by molar-refractivity contribution is 0.0742. The predicted octanol–water partition coefficient (Wildman–Crippen LogP) is 2.54. The summed E-state index contributed by atoms with van der Waals surface area (Å²) in [5.74, 6) is -0.471. The second kappa shape index (κ2) is 5.91. The molecule has 6 heteroatoms. The third-order valence-electron chi connectivity index (χ3n) is 2.20. The van der Waals surface area contributed by atoms with Crippen LogP contribution in [0.5, 0.6) is 0 Å². The van der Waals surface area contributed by atoms with E-state index in [1.165, 1.54) is 6.92 Å². The van der Waals surface area contributed by atoms with Gasteiger partial charge in [0.15, 0.2) is 10.6 Å². The summed E-state index contributed by atoms with van der Waals surface area (Å²) in [7, 11) is 0. The number of rotatable bonds is 4. The average molecular weight is 297 g/mol. The Bertz CT molecular complexity index is 382. The summed E-state index contributed by atoms with van der Waals surface area (Å²) in [4.78, 5) is 11.7. The molecule has 0 radical (unpaired) electrons. The van der Waals surface area contributed by atoms with Gasteiger partial charge in [0.1, 0.15) is 0 Å². The standard InChI is InChI=1S/C11H12Cl3NO2/c1-7(12)11(13,14)10(17)15-9(16)8-5-3-2-4-6-8/h2-7,10,17H,1H3,(H,15,16). The highest BCUT2D eigenvalue weighted by molar-refractivity contribution is 6.52. The van der Waals surface area contributed by atoms with Gasteiger partial charge in [-0.15, -0.1) is 11.6 Å². The third-order valence-corrected chi connectivity index (χ3v) is 3.83. The normalized spacial score (nSPS) is 15.1. The van der Waals surface area contributed by atoms with Gasteiger partial charge in [-0.25, -0.2) is 0 Å². The molecule has 2 atom stereocenters. The Hall–Kier alpha value is -0.480. The number of amides is 1. The molecule has 1 rings (SSSR count). The predicted molar refractivity (Wildman–Crippen MR) is 69.7 cm³/mol. The van der Waals surface area contributed by atoms with E-state index in [4.69, 9.17) is 34.8 Å². The summed E-state index contributed by atoms with van der Waals surface area (Å²) in [6.45, 7) is 1.53. The van der Waals surface area contributed by atoms with Crippen LogP contribution in [0.2, 0.25) is 0 Å². The van der Waals surface area contributed by atoms with Gasteiger partial charge in [-0.2, -0.15) is 0 Å². The van der Waals surface area contributed by atoms with Gasteiger partial charge in [-0.3, -0.25) is 4.79 Å². The molecule has 0 fully saturated rings. The molecule has 0 saturated carbocycles. The van der Waals surface area contributed by atoms with Crippen molar-refractivity contribution < 1.29 is 9.90 Å². The van der Waals surface area contributed by atoms with Crippen molar-refractivity contribution in [3.8, 4) is 0 Å². The Morgan fingerprint density at radius 2 is 1.88 bits per heavy atom. The minimum absolute atomic E-state index is 0.401. The van der Waals surface area contributed by atoms with Gasteiger partial charge in [0, 0.05) is 5.56 Å². The molecule has 1 aromatic carbocycles. The number of hydrogen-bond acceptors (Lipinski definition) is 2. The lowest BCUT2D eigenvalue weighted by Gasteiger charge is -2.28. The van der Waals surface area contributed by atoms with Gasteiger partial charge in [-0.05, 0) is 19.1 Å². The first-order valence-corrected chi connectivity index (χ1v) is 6.10. The minimum Gasteiger partial charge on any atom is -0.370 e. The van der Waals surface area contributed by atoms with Crippen LogP contribution in [0.3, 0.4) is 0 Å². The zero-order chi connectivity index (χ0) is 13.1. The van der Waals surface area contributed by atoms with Crippen molar-refractivity contribution in [2.24, 2.45) is 0 Å². The number of halogens is 3. The van der Waals surface area contributed by atoms with Crippen LogP contribution in [0.25, 0.3) is 0 Å². The molecule has 0 aliphatic rings. The fourth-order valence-electron chi connectivity index (χ4n) is 1.11. The van der Waals surface area contributed by atoms with E-state index in [1.54, 1.807) is 30.3 Å². The van der Waals surface area contributed by atoms with Gasteiger partial charge < -0.3 is 10.4 Å². The molecule has 94 valence electrons. The van der Waals surface area contributed by atoms with E-state index in [2.05, 4.69) is 5.32 Å². The molecule has 1 amide bonds. The van der Waals surface area contributed by atoms with E-state index < -0.39 is 21.8 Å². The Kier molecular flexibility index (Phi) is 5.07. The molecule has 2 N–H and O–H groups in total. The summed E-state index contributed by atoms with van der Waals surface area (Å²) < 4.78 is -1.65. The second-order valence-electron chi connectivity index (χ2n) is 3.53. The zero-order valence-electron chi connectivity index (χ0n) is 9.03. The number of alkyl halides is 3. The molecular weight excluding hydrogens is 284 g/mol. The van der Waals surface area contributed by atoms with Crippen LogP contribution in [0.15, 0.2) is 30.3 Å². The summed E-state index contributed by atoms with van der Waals surface area (Å²) >= 11 is 17.4. The summed E-state index contributed by atoms with van der Waals surface area (Å²) in [6, 6.07) is 8.41. The van der Waals surface area contributed by atoms with Crippen LogP contribution in [-0.4, -0.2) is 27.0 Å². The van der Waals surface area contributed by atoms with Gasteiger partial charge in [-0.1, -0.05) is 41.4 Å². The number of benzene rings is 1. The van der Waals surface area contributed by atoms with Crippen LogP contribution < -0.4 is 5.32 Å². The van der Waals surface area contributed by atoms with Gasteiger partial charge in [0.05, 0.1) is 5.38 Å². The fourth-order valence-corrected chi connectivity index (χ4v) is 1.34. The Balaban J connectivity index is 2.70.